The minimum Gasteiger partial charge on any atom is -0.376 e. The van der Waals surface area contributed by atoms with Crippen molar-refractivity contribution < 1.29 is 9.66 Å². The van der Waals surface area contributed by atoms with Gasteiger partial charge in [0.1, 0.15) is 0 Å². The van der Waals surface area contributed by atoms with Gasteiger partial charge in [-0.05, 0) is 37.4 Å². The van der Waals surface area contributed by atoms with Gasteiger partial charge >= 0.3 is 0 Å². The third kappa shape index (κ3) is 4.26. The van der Waals surface area contributed by atoms with Gasteiger partial charge in [-0.15, -0.1) is 0 Å². The summed E-state index contributed by atoms with van der Waals surface area (Å²) in [5.41, 5.74) is 0.730. The highest BCUT2D eigenvalue weighted by molar-refractivity contribution is 9.10. The van der Waals surface area contributed by atoms with Crippen molar-refractivity contribution in [1.29, 1.82) is 0 Å². The topological polar surface area (TPSA) is 64.4 Å². The number of ether oxygens (including phenoxy) is 1. The van der Waals surface area contributed by atoms with E-state index < -0.39 is 0 Å². The van der Waals surface area contributed by atoms with Crippen LogP contribution in [0.2, 0.25) is 0 Å². The Bertz CT molecular complexity index is 448. The molecule has 0 aromatic heterocycles. The maximum absolute atomic E-state index is 11.0. The molecular formula is C13H17BrN2O3. The van der Waals surface area contributed by atoms with Crippen molar-refractivity contribution in [2.75, 3.05) is 19.7 Å². The number of hydrogen-bond donors (Lipinski definition) is 1. The monoisotopic (exact) mass is 328 g/mol. The van der Waals surface area contributed by atoms with E-state index in [2.05, 4.69) is 21.2 Å². The van der Waals surface area contributed by atoms with Gasteiger partial charge in [-0.3, -0.25) is 10.1 Å². The van der Waals surface area contributed by atoms with E-state index in [9.17, 15) is 10.1 Å². The molecule has 1 saturated heterocycles. The first-order valence-electron chi connectivity index (χ1n) is 6.38. The summed E-state index contributed by atoms with van der Waals surface area (Å²) in [4.78, 5) is 10.6. The number of hydrogen-bond acceptors (Lipinski definition) is 4. The first-order chi connectivity index (χ1) is 9.16. The van der Waals surface area contributed by atoms with Gasteiger partial charge in [-0.25, -0.2) is 0 Å². The zero-order chi connectivity index (χ0) is 13.7. The molecule has 1 unspecified atom stereocenters. The second-order valence-corrected chi connectivity index (χ2v) is 5.67. The zero-order valence-electron chi connectivity index (χ0n) is 10.6. The van der Waals surface area contributed by atoms with E-state index in [1.165, 1.54) is 12.5 Å². The highest BCUT2D eigenvalue weighted by Gasteiger charge is 2.16. The molecule has 1 aliphatic rings. The van der Waals surface area contributed by atoms with Crippen molar-refractivity contribution in [1.82, 2.24) is 5.32 Å². The fourth-order valence-electron chi connectivity index (χ4n) is 2.23. The van der Waals surface area contributed by atoms with E-state index in [4.69, 9.17) is 4.74 Å². The second kappa shape index (κ2) is 6.98. The number of nitro groups is 1. The quantitative estimate of drug-likeness (QED) is 0.666. The highest BCUT2D eigenvalue weighted by atomic mass is 79.9. The molecule has 1 aromatic rings. The molecule has 1 heterocycles. The van der Waals surface area contributed by atoms with Gasteiger partial charge in [-0.2, -0.15) is 0 Å². The van der Waals surface area contributed by atoms with Crippen LogP contribution in [0.15, 0.2) is 22.7 Å². The molecule has 0 saturated carbocycles. The van der Waals surface area contributed by atoms with Gasteiger partial charge in [0, 0.05) is 17.1 Å². The van der Waals surface area contributed by atoms with Crippen LogP contribution in [0.25, 0.3) is 0 Å². The van der Waals surface area contributed by atoms with Crippen LogP contribution in [0, 0.1) is 16.0 Å². The largest absolute Gasteiger partial charge is 0.376 e. The third-order valence-corrected chi connectivity index (χ3v) is 3.75. The molecule has 0 amide bonds. The Morgan fingerprint density at radius 3 is 3.05 bits per heavy atom. The summed E-state index contributed by atoms with van der Waals surface area (Å²) >= 11 is 3.24. The Labute approximate surface area is 120 Å². The number of halogens is 1. The highest BCUT2D eigenvalue weighted by Crippen LogP contribution is 2.24. The van der Waals surface area contributed by atoms with Crippen LogP contribution in [0.5, 0.6) is 0 Å². The summed E-state index contributed by atoms with van der Waals surface area (Å²) in [6.45, 7) is 3.00. The van der Waals surface area contributed by atoms with Crippen molar-refractivity contribution >= 4 is 21.6 Å². The number of nitro benzene ring substituents is 1. The van der Waals surface area contributed by atoms with Crippen LogP contribution in [0.1, 0.15) is 18.4 Å². The molecular weight excluding hydrogens is 312 g/mol. The molecule has 104 valence electrons. The zero-order valence-corrected chi connectivity index (χ0v) is 12.2. The summed E-state index contributed by atoms with van der Waals surface area (Å²) in [5.74, 6) is 0.517. The summed E-state index contributed by atoms with van der Waals surface area (Å²) in [6.07, 6.45) is 2.34. The van der Waals surface area contributed by atoms with Crippen LogP contribution in [0.4, 0.5) is 5.69 Å². The number of rotatable bonds is 5. The van der Waals surface area contributed by atoms with E-state index in [0.717, 1.165) is 19.5 Å². The average Bonchev–Trinajstić information content (AvgIpc) is 2.41. The van der Waals surface area contributed by atoms with Crippen LogP contribution in [-0.4, -0.2) is 24.6 Å². The van der Waals surface area contributed by atoms with E-state index in [1.54, 1.807) is 12.1 Å². The summed E-state index contributed by atoms with van der Waals surface area (Å²) < 4.78 is 6.34. The SMILES string of the molecule is O=[N+]([O-])c1cc(Br)ccc1COCC1CCCNC1. The number of nitrogens with one attached hydrogen (secondary N) is 1. The fourth-order valence-corrected chi connectivity index (χ4v) is 2.58. The van der Waals surface area contributed by atoms with Gasteiger partial charge in [0.25, 0.3) is 5.69 Å². The molecule has 19 heavy (non-hydrogen) atoms. The Morgan fingerprint density at radius 1 is 1.53 bits per heavy atom. The first-order valence-corrected chi connectivity index (χ1v) is 7.17. The van der Waals surface area contributed by atoms with Gasteiger partial charge in [0.05, 0.1) is 23.7 Å². The molecule has 0 aliphatic carbocycles. The molecule has 2 rings (SSSR count). The minimum absolute atomic E-state index is 0.108. The lowest BCUT2D eigenvalue weighted by Crippen LogP contribution is -2.32. The molecule has 0 bridgehead atoms. The molecule has 5 nitrogen and oxygen atoms in total. The second-order valence-electron chi connectivity index (χ2n) is 4.76. The van der Waals surface area contributed by atoms with Gasteiger partial charge in [0.15, 0.2) is 0 Å². The lowest BCUT2D eigenvalue weighted by molar-refractivity contribution is -0.386. The van der Waals surface area contributed by atoms with E-state index >= 15 is 0 Å². The standard InChI is InChI=1S/C13H17BrN2O3/c14-12-4-3-11(13(6-12)16(17)18)9-19-8-10-2-1-5-15-7-10/h3-4,6,10,15H,1-2,5,7-9H2. The number of nitrogens with zero attached hydrogens (tertiary/aromatic N) is 1. The summed E-state index contributed by atoms with van der Waals surface area (Å²) in [5, 5.41) is 14.3. The molecule has 1 atom stereocenters. The van der Waals surface area contributed by atoms with Crippen molar-refractivity contribution in [3.63, 3.8) is 0 Å². The predicted molar refractivity (Wildman–Crippen MR) is 76.0 cm³/mol. The Morgan fingerprint density at radius 2 is 2.37 bits per heavy atom. The lowest BCUT2D eigenvalue weighted by Gasteiger charge is -2.22. The normalized spacial score (nSPS) is 19.3. The van der Waals surface area contributed by atoms with E-state index in [0.29, 0.717) is 29.2 Å². The van der Waals surface area contributed by atoms with Crippen molar-refractivity contribution in [3.8, 4) is 0 Å². The smallest absolute Gasteiger partial charge is 0.276 e. The van der Waals surface area contributed by atoms with Crippen LogP contribution in [-0.2, 0) is 11.3 Å². The minimum atomic E-state index is -0.369. The Kier molecular flexibility index (Phi) is 5.30. The maximum atomic E-state index is 11.0. The number of benzene rings is 1. The van der Waals surface area contributed by atoms with Crippen molar-refractivity contribution in [2.45, 2.75) is 19.4 Å². The molecule has 1 N–H and O–H groups in total. The Balaban J connectivity index is 1.89. The van der Waals surface area contributed by atoms with E-state index in [-0.39, 0.29) is 10.6 Å². The molecule has 1 aliphatic heterocycles. The average molecular weight is 329 g/mol. The lowest BCUT2D eigenvalue weighted by atomic mass is 10.0. The van der Waals surface area contributed by atoms with Gasteiger partial charge < -0.3 is 10.1 Å². The van der Waals surface area contributed by atoms with Crippen molar-refractivity contribution in [3.05, 3.63) is 38.3 Å². The third-order valence-electron chi connectivity index (χ3n) is 3.25. The van der Waals surface area contributed by atoms with Crippen molar-refractivity contribution in [2.24, 2.45) is 5.92 Å². The first kappa shape index (κ1) is 14.4. The summed E-state index contributed by atoms with van der Waals surface area (Å²) in [7, 11) is 0. The maximum Gasteiger partial charge on any atom is 0.276 e. The molecule has 6 heteroatoms. The number of piperidine rings is 1. The van der Waals surface area contributed by atoms with E-state index in [1.807, 2.05) is 0 Å². The fraction of sp³-hybridized carbons (Fsp3) is 0.538. The van der Waals surface area contributed by atoms with Crippen LogP contribution >= 0.6 is 15.9 Å². The molecule has 0 spiro atoms. The predicted octanol–water partition coefficient (Wildman–Crippen LogP) is 2.87. The molecule has 1 fully saturated rings. The van der Waals surface area contributed by atoms with Gasteiger partial charge in [0.2, 0.25) is 0 Å². The van der Waals surface area contributed by atoms with Crippen LogP contribution in [0.3, 0.4) is 0 Å². The Hall–Kier alpha value is -0.980. The molecule has 0 radical (unpaired) electrons. The summed E-state index contributed by atoms with van der Waals surface area (Å²) in [6, 6.07) is 5.05. The molecule has 1 aromatic carbocycles. The van der Waals surface area contributed by atoms with Gasteiger partial charge in [-0.1, -0.05) is 15.9 Å². The van der Waals surface area contributed by atoms with Crippen LogP contribution < -0.4 is 5.32 Å².